The lowest BCUT2D eigenvalue weighted by Crippen LogP contribution is -2.23. The van der Waals surface area contributed by atoms with E-state index in [0.29, 0.717) is 5.75 Å². The summed E-state index contributed by atoms with van der Waals surface area (Å²) in [5, 5.41) is 2.32. The highest BCUT2D eigenvalue weighted by atomic mass is 19.1. The number of ether oxygens (including phenoxy) is 2. The Hall–Kier alpha value is -2.56. The maximum absolute atomic E-state index is 14.0. The van der Waals surface area contributed by atoms with Gasteiger partial charge in [-0.25, -0.2) is 9.18 Å². The number of aryl methyl sites for hydroxylation is 2. The van der Waals surface area contributed by atoms with Crippen LogP contribution in [-0.4, -0.2) is 13.1 Å². The van der Waals surface area contributed by atoms with E-state index in [1.807, 2.05) is 32.0 Å². The first-order valence-electron chi connectivity index (χ1n) is 6.88. The van der Waals surface area contributed by atoms with Gasteiger partial charge in [0.05, 0.1) is 5.56 Å². The summed E-state index contributed by atoms with van der Waals surface area (Å²) in [6.45, 7) is 3.89. The minimum atomic E-state index is -0.654. The summed E-state index contributed by atoms with van der Waals surface area (Å²) in [5.41, 5.74) is 2.29. The molecule has 0 aliphatic carbocycles. The van der Waals surface area contributed by atoms with Gasteiger partial charge < -0.3 is 14.8 Å². The van der Waals surface area contributed by atoms with Crippen LogP contribution in [-0.2, 0) is 6.61 Å². The first-order chi connectivity index (χ1) is 10.5. The average molecular weight is 303 g/mol. The van der Waals surface area contributed by atoms with Crippen molar-refractivity contribution in [3.05, 3.63) is 58.9 Å². The van der Waals surface area contributed by atoms with Gasteiger partial charge in [-0.15, -0.1) is 0 Å². The quantitative estimate of drug-likeness (QED) is 0.936. The molecule has 2 aromatic carbocycles. The van der Waals surface area contributed by atoms with Gasteiger partial charge in [0, 0.05) is 7.05 Å². The Bertz CT molecular complexity index is 686. The van der Waals surface area contributed by atoms with Crippen LogP contribution in [0.15, 0.2) is 36.4 Å². The van der Waals surface area contributed by atoms with Crippen LogP contribution < -0.4 is 14.8 Å². The summed E-state index contributed by atoms with van der Waals surface area (Å²) < 4.78 is 24.7. The summed E-state index contributed by atoms with van der Waals surface area (Å²) in [6.07, 6.45) is -0.654. The molecule has 0 aliphatic heterocycles. The van der Waals surface area contributed by atoms with Crippen LogP contribution in [0.3, 0.4) is 0 Å². The highest BCUT2D eigenvalue weighted by molar-refractivity contribution is 5.70. The van der Waals surface area contributed by atoms with Crippen LogP contribution in [0.4, 0.5) is 9.18 Å². The normalized spacial score (nSPS) is 10.2. The van der Waals surface area contributed by atoms with Crippen molar-refractivity contribution in [3.8, 4) is 11.5 Å². The van der Waals surface area contributed by atoms with Crippen LogP contribution in [0.25, 0.3) is 0 Å². The second kappa shape index (κ2) is 6.93. The molecule has 1 amide bonds. The molecule has 4 nitrogen and oxygen atoms in total. The van der Waals surface area contributed by atoms with E-state index in [-0.39, 0.29) is 17.9 Å². The zero-order valence-electron chi connectivity index (χ0n) is 12.8. The smallest absolute Gasteiger partial charge is 0.412 e. The number of carbonyl (C=O) groups excluding carboxylic acids is 1. The molecule has 0 spiro atoms. The maximum atomic E-state index is 14.0. The van der Waals surface area contributed by atoms with Crippen LogP contribution in [0, 0.1) is 19.7 Å². The molecule has 2 rings (SSSR count). The van der Waals surface area contributed by atoms with Gasteiger partial charge in [0.2, 0.25) is 0 Å². The Balaban J connectivity index is 2.19. The van der Waals surface area contributed by atoms with Crippen LogP contribution in [0.5, 0.6) is 11.5 Å². The number of rotatable bonds is 4. The maximum Gasteiger partial charge on any atom is 0.412 e. The molecular weight excluding hydrogens is 285 g/mol. The Morgan fingerprint density at radius 3 is 2.64 bits per heavy atom. The second-order valence-corrected chi connectivity index (χ2v) is 4.91. The Kier molecular flexibility index (Phi) is 4.99. The molecule has 0 aromatic heterocycles. The Morgan fingerprint density at radius 1 is 1.18 bits per heavy atom. The predicted octanol–water partition coefficient (Wildman–Crippen LogP) is 3.74. The highest BCUT2D eigenvalue weighted by Crippen LogP contribution is 2.25. The first-order valence-corrected chi connectivity index (χ1v) is 6.88. The van der Waals surface area contributed by atoms with E-state index < -0.39 is 11.9 Å². The summed E-state index contributed by atoms with van der Waals surface area (Å²) in [5.74, 6) is 0.329. The number of amides is 1. The molecule has 116 valence electrons. The zero-order valence-corrected chi connectivity index (χ0v) is 12.8. The third kappa shape index (κ3) is 3.75. The molecule has 0 saturated carbocycles. The largest absolute Gasteiger partial charge is 0.488 e. The number of hydrogen-bond donors (Lipinski definition) is 1. The number of benzene rings is 2. The summed E-state index contributed by atoms with van der Waals surface area (Å²) in [7, 11) is 1.44. The second-order valence-electron chi connectivity index (χ2n) is 4.91. The number of nitrogens with one attached hydrogen (secondary N) is 1. The summed E-state index contributed by atoms with van der Waals surface area (Å²) in [4.78, 5) is 11.3. The van der Waals surface area contributed by atoms with Crippen molar-refractivity contribution in [3.63, 3.8) is 0 Å². The van der Waals surface area contributed by atoms with Crippen molar-refractivity contribution in [1.82, 2.24) is 5.32 Å². The van der Waals surface area contributed by atoms with Crippen molar-refractivity contribution in [2.45, 2.75) is 20.5 Å². The Labute approximate surface area is 128 Å². The minimum absolute atomic E-state index is 0.0249. The molecule has 0 atom stereocenters. The topological polar surface area (TPSA) is 47.6 Å². The third-order valence-corrected chi connectivity index (χ3v) is 3.19. The number of halogens is 1. The fourth-order valence-electron chi connectivity index (χ4n) is 2.04. The van der Waals surface area contributed by atoms with E-state index >= 15 is 0 Å². The molecule has 0 bridgehead atoms. The summed E-state index contributed by atoms with van der Waals surface area (Å²) >= 11 is 0. The molecule has 0 heterocycles. The lowest BCUT2D eigenvalue weighted by molar-refractivity contribution is 0.200. The van der Waals surface area contributed by atoms with E-state index in [2.05, 4.69) is 5.32 Å². The standard InChI is InChI=1S/C17H18FNO3/c1-11-7-8-15(12(2)9-11)21-10-13-14(18)5-4-6-16(13)22-17(20)19-3/h4-9H,10H2,1-3H3,(H,19,20). The van der Waals surface area contributed by atoms with E-state index in [1.54, 1.807) is 0 Å². The lowest BCUT2D eigenvalue weighted by atomic mass is 10.1. The van der Waals surface area contributed by atoms with Gasteiger partial charge in [-0.2, -0.15) is 0 Å². The highest BCUT2D eigenvalue weighted by Gasteiger charge is 2.14. The van der Waals surface area contributed by atoms with E-state index in [0.717, 1.165) is 11.1 Å². The Morgan fingerprint density at radius 2 is 1.95 bits per heavy atom. The molecule has 5 heteroatoms. The van der Waals surface area contributed by atoms with Gasteiger partial charge in [0.25, 0.3) is 0 Å². The molecule has 2 aromatic rings. The van der Waals surface area contributed by atoms with Crippen molar-refractivity contribution in [1.29, 1.82) is 0 Å². The fraction of sp³-hybridized carbons (Fsp3) is 0.235. The SMILES string of the molecule is CNC(=O)Oc1cccc(F)c1COc1ccc(C)cc1C. The molecular formula is C17H18FNO3. The number of hydrogen-bond acceptors (Lipinski definition) is 3. The van der Waals surface area contributed by atoms with Crippen molar-refractivity contribution in [2.75, 3.05) is 7.05 Å². The van der Waals surface area contributed by atoms with Crippen LogP contribution in [0.2, 0.25) is 0 Å². The molecule has 0 unspecified atom stereocenters. The monoisotopic (exact) mass is 303 g/mol. The van der Waals surface area contributed by atoms with Gasteiger partial charge in [-0.3, -0.25) is 0 Å². The van der Waals surface area contributed by atoms with Gasteiger partial charge in [-0.1, -0.05) is 23.8 Å². The molecule has 1 N–H and O–H groups in total. The minimum Gasteiger partial charge on any atom is -0.488 e. The third-order valence-electron chi connectivity index (χ3n) is 3.19. The molecule has 22 heavy (non-hydrogen) atoms. The van der Waals surface area contributed by atoms with E-state index in [4.69, 9.17) is 9.47 Å². The van der Waals surface area contributed by atoms with E-state index in [9.17, 15) is 9.18 Å². The molecule has 0 fully saturated rings. The van der Waals surface area contributed by atoms with Gasteiger partial charge in [0.1, 0.15) is 23.9 Å². The predicted molar refractivity (Wildman–Crippen MR) is 81.7 cm³/mol. The van der Waals surface area contributed by atoms with Gasteiger partial charge in [-0.05, 0) is 37.6 Å². The number of carbonyl (C=O) groups is 1. The first kappa shape index (κ1) is 15.8. The van der Waals surface area contributed by atoms with Gasteiger partial charge >= 0.3 is 6.09 Å². The van der Waals surface area contributed by atoms with Crippen molar-refractivity contribution >= 4 is 6.09 Å². The zero-order chi connectivity index (χ0) is 16.1. The van der Waals surface area contributed by atoms with E-state index in [1.165, 1.54) is 25.2 Å². The van der Waals surface area contributed by atoms with Crippen molar-refractivity contribution < 1.29 is 18.7 Å². The molecule has 0 radical (unpaired) electrons. The fourth-order valence-corrected chi connectivity index (χ4v) is 2.04. The lowest BCUT2D eigenvalue weighted by Gasteiger charge is -2.13. The van der Waals surface area contributed by atoms with Gasteiger partial charge in [0.15, 0.2) is 0 Å². The molecule has 0 aliphatic rings. The van der Waals surface area contributed by atoms with Crippen molar-refractivity contribution in [2.24, 2.45) is 0 Å². The average Bonchev–Trinajstić information content (AvgIpc) is 2.48. The summed E-state index contributed by atoms with van der Waals surface area (Å²) in [6, 6.07) is 10.1. The molecule has 0 saturated heterocycles. The van der Waals surface area contributed by atoms with Crippen LogP contribution in [0.1, 0.15) is 16.7 Å². The van der Waals surface area contributed by atoms with Crippen LogP contribution >= 0.6 is 0 Å².